The average Bonchev–Trinajstić information content (AvgIpc) is 3.36. The Morgan fingerprint density at radius 2 is 1.40 bits per heavy atom. The van der Waals surface area contributed by atoms with E-state index in [1.807, 2.05) is 13.8 Å². The number of carbonyl (C=O) groups is 3. The van der Waals surface area contributed by atoms with Gasteiger partial charge in [0.05, 0.1) is 12.2 Å². The van der Waals surface area contributed by atoms with Crippen molar-refractivity contribution in [2.45, 2.75) is 44.9 Å². The Balaban J connectivity index is 1.93. The van der Waals surface area contributed by atoms with E-state index in [4.69, 9.17) is 0 Å². The van der Waals surface area contributed by atoms with E-state index in [1.54, 1.807) is 61.1 Å². The first-order chi connectivity index (χ1) is 22.3. The molecule has 0 aliphatic heterocycles. The summed E-state index contributed by atoms with van der Waals surface area (Å²) in [5.74, 6) is -3.16. The highest BCUT2D eigenvalue weighted by Gasteiger charge is 2.30. The molecule has 246 valence electrons. The monoisotopic (exact) mass is 644 g/mol. The van der Waals surface area contributed by atoms with Crippen molar-refractivity contribution in [3.63, 3.8) is 0 Å². The molecule has 2 amide bonds. The van der Waals surface area contributed by atoms with E-state index in [-0.39, 0.29) is 24.1 Å². The van der Waals surface area contributed by atoms with Crippen LogP contribution in [0.5, 0.6) is 0 Å². The van der Waals surface area contributed by atoms with Crippen LogP contribution >= 0.6 is 0 Å². The van der Waals surface area contributed by atoms with E-state index in [2.05, 4.69) is 5.32 Å². The summed E-state index contributed by atoms with van der Waals surface area (Å²) < 4.78 is 29.9. The number of aromatic nitrogens is 1. The lowest BCUT2D eigenvalue weighted by Crippen LogP contribution is -2.29. The minimum Gasteiger partial charge on any atom is -0.550 e. The lowest BCUT2D eigenvalue weighted by atomic mass is 9.94. The van der Waals surface area contributed by atoms with Gasteiger partial charge in [-0.05, 0) is 79.6 Å². The molecule has 0 unspecified atom stereocenters. The van der Waals surface area contributed by atoms with E-state index >= 15 is 0 Å². The summed E-state index contributed by atoms with van der Waals surface area (Å²) in [5, 5.41) is 34.5. The molecule has 4 aromatic rings. The average molecular weight is 645 g/mol. The molecule has 3 aromatic carbocycles. The Labute approximate surface area is 271 Å². The number of benzene rings is 3. The minimum absolute atomic E-state index is 0.186. The smallest absolute Gasteiger partial charge is 0.272 e. The van der Waals surface area contributed by atoms with Gasteiger partial charge >= 0.3 is 0 Å². The molecule has 0 aliphatic rings. The number of halogens is 2. The van der Waals surface area contributed by atoms with Crippen LogP contribution in [0.3, 0.4) is 0 Å². The number of aliphatic hydroxyl groups is 2. The summed E-state index contributed by atoms with van der Waals surface area (Å²) in [7, 11) is 3.27. The largest absolute Gasteiger partial charge is 0.550 e. The van der Waals surface area contributed by atoms with Crippen LogP contribution in [-0.4, -0.2) is 63.8 Å². The number of anilines is 1. The summed E-state index contributed by atoms with van der Waals surface area (Å²) in [4.78, 5) is 39.0. The van der Waals surface area contributed by atoms with Gasteiger partial charge in [-0.25, -0.2) is 8.78 Å². The molecule has 0 aliphatic carbocycles. The normalized spacial score (nSPS) is 12.7. The molecule has 0 fully saturated rings. The van der Waals surface area contributed by atoms with Gasteiger partial charge in [0.25, 0.3) is 11.8 Å². The molecular weight excluding hydrogens is 608 g/mol. The standard InChI is InChI=1S/C36H37F2N3O6/c1-21(2)41-30(18-17-28(42)19-29(43)20-31(44)45)32(22-5-11-25(37)12-6-22)33(23-7-13-26(38)14-8-23)34(41)35(46)39-27-15-9-24(10-16-27)36(47)40(3)4/h5-18,21,28-29,42-43H,19-20H2,1-4H3,(H,39,46)(H,44,45)/p-1/b18-17+/t28-,29-/m1/s1. The summed E-state index contributed by atoms with van der Waals surface area (Å²) >= 11 is 0. The third-order valence-corrected chi connectivity index (χ3v) is 7.43. The number of aliphatic carboxylic acids is 1. The van der Waals surface area contributed by atoms with Crippen LogP contribution in [0.1, 0.15) is 59.3 Å². The molecule has 1 heterocycles. The number of carboxylic acid groups (broad SMARTS) is 1. The lowest BCUT2D eigenvalue weighted by molar-refractivity contribution is -0.307. The second-order valence-electron chi connectivity index (χ2n) is 11.6. The Morgan fingerprint density at radius 1 is 0.872 bits per heavy atom. The van der Waals surface area contributed by atoms with Gasteiger partial charge in [0.2, 0.25) is 0 Å². The Morgan fingerprint density at radius 3 is 1.89 bits per heavy atom. The number of hydrogen-bond acceptors (Lipinski definition) is 6. The first kappa shape index (κ1) is 34.7. The van der Waals surface area contributed by atoms with Gasteiger partial charge in [0, 0.05) is 67.0 Å². The lowest BCUT2D eigenvalue weighted by Gasteiger charge is -2.18. The van der Waals surface area contributed by atoms with Crippen molar-refractivity contribution in [1.29, 1.82) is 0 Å². The van der Waals surface area contributed by atoms with Crippen molar-refractivity contribution >= 4 is 29.5 Å². The fraction of sp³-hybridized carbons (Fsp3) is 0.250. The van der Waals surface area contributed by atoms with Gasteiger partial charge in [-0.15, -0.1) is 0 Å². The molecule has 0 saturated carbocycles. The molecule has 11 heteroatoms. The maximum absolute atomic E-state index is 14.3. The van der Waals surface area contributed by atoms with Crippen molar-refractivity contribution in [1.82, 2.24) is 9.47 Å². The maximum Gasteiger partial charge on any atom is 0.272 e. The summed E-state index contributed by atoms with van der Waals surface area (Å²) in [6.07, 6.45) is -0.642. The van der Waals surface area contributed by atoms with Crippen LogP contribution in [0.4, 0.5) is 14.5 Å². The second-order valence-corrected chi connectivity index (χ2v) is 11.6. The summed E-state index contributed by atoms with van der Waals surface area (Å²) in [5.41, 5.74) is 3.37. The Hall–Kier alpha value is -5.13. The number of carbonyl (C=O) groups excluding carboxylic acids is 3. The highest BCUT2D eigenvalue weighted by atomic mass is 19.1. The third kappa shape index (κ3) is 8.37. The molecule has 9 nitrogen and oxygen atoms in total. The minimum atomic E-state index is -1.46. The molecule has 3 N–H and O–H groups in total. The Bertz CT molecular complexity index is 1760. The zero-order chi connectivity index (χ0) is 34.4. The number of nitrogens with zero attached hydrogens (tertiary/aromatic N) is 2. The van der Waals surface area contributed by atoms with Gasteiger partial charge in [0.15, 0.2) is 0 Å². The Kier molecular flexibility index (Phi) is 11.1. The summed E-state index contributed by atoms with van der Waals surface area (Å²) in [6.45, 7) is 3.69. The van der Waals surface area contributed by atoms with Gasteiger partial charge in [-0.2, -0.15) is 0 Å². The van der Waals surface area contributed by atoms with Gasteiger partial charge in [-0.1, -0.05) is 30.3 Å². The van der Waals surface area contributed by atoms with E-state index in [1.165, 1.54) is 47.4 Å². The van der Waals surface area contributed by atoms with Crippen LogP contribution in [0.25, 0.3) is 28.3 Å². The van der Waals surface area contributed by atoms with Gasteiger partial charge < -0.3 is 34.9 Å². The van der Waals surface area contributed by atoms with Crippen molar-refractivity contribution in [3.8, 4) is 22.3 Å². The summed E-state index contributed by atoms with van der Waals surface area (Å²) in [6, 6.07) is 17.2. The van der Waals surface area contributed by atoms with E-state index in [9.17, 15) is 38.5 Å². The van der Waals surface area contributed by atoms with Crippen molar-refractivity contribution in [2.24, 2.45) is 0 Å². The fourth-order valence-electron chi connectivity index (χ4n) is 5.32. The molecule has 4 rings (SSSR count). The third-order valence-electron chi connectivity index (χ3n) is 7.43. The van der Waals surface area contributed by atoms with E-state index < -0.39 is 42.1 Å². The molecule has 1 aromatic heterocycles. The predicted octanol–water partition coefficient (Wildman–Crippen LogP) is 4.90. The zero-order valence-corrected chi connectivity index (χ0v) is 26.4. The van der Waals surface area contributed by atoms with Crippen molar-refractivity contribution in [3.05, 3.63) is 107 Å². The fourth-order valence-corrected chi connectivity index (χ4v) is 5.32. The molecular formula is C36H36F2N3O6-. The van der Waals surface area contributed by atoms with E-state index in [0.29, 0.717) is 39.2 Å². The topological polar surface area (TPSA) is 135 Å². The van der Waals surface area contributed by atoms with Crippen LogP contribution in [0.2, 0.25) is 0 Å². The number of carboxylic acids is 1. The van der Waals surface area contributed by atoms with Gasteiger partial charge in [-0.3, -0.25) is 9.59 Å². The first-order valence-corrected chi connectivity index (χ1v) is 14.9. The van der Waals surface area contributed by atoms with Crippen LogP contribution in [-0.2, 0) is 4.79 Å². The number of rotatable bonds is 12. The first-order valence-electron chi connectivity index (χ1n) is 14.9. The number of nitrogens with one attached hydrogen (secondary N) is 1. The maximum atomic E-state index is 14.3. The van der Waals surface area contributed by atoms with E-state index in [0.717, 1.165) is 0 Å². The van der Waals surface area contributed by atoms with Crippen LogP contribution in [0, 0.1) is 11.6 Å². The molecule has 0 saturated heterocycles. The molecule has 2 atom stereocenters. The molecule has 0 radical (unpaired) electrons. The number of hydrogen-bond donors (Lipinski definition) is 3. The van der Waals surface area contributed by atoms with Crippen LogP contribution in [0.15, 0.2) is 78.9 Å². The number of aliphatic hydroxyl groups excluding tert-OH is 2. The zero-order valence-electron chi connectivity index (χ0n) is 26.4. The van der Waals surface area contributed by atoms with Crippen LogP contribution < -0.4 is 10.4 Å². The molecule has 0 bridgehead atoms. The highest BCUT2D eigenvalue weighted by molar-refractivity contribution is 6.12. The number of amides is 2. The highest BCUT2D eigenvalue weighted by Crippen LogP contribution is 2.43. The predicted molar refractivity (Wildman–Crippen MR) is 173 cm³/mol. The van der Waals surface area contributed by atoms with Crippen molar-refractivity contribution in [2.75, 3.05) is 19.4 Å². The van der Waals surface area contributed by atoms with Crippen molar-refractivity contribution < 1.29 is 38.5 Å². The molecule has 0 spiro atoms. The molecule has 47 heavy (non-hydrogen) atoms. The van der Waals surface area contributed by atoms with Gasteiger partial charge in [0.1, 0.15) is 17.3 Å². The second kappa shape index (κ2) is 15.0. The quantitative estimate of drug-likeness (QED) is 0.201. The SMILES string of the molecule is CC(C)n1c(/C=C/[C@@H](O)C[C@@H](O)CC(=O)[O-])c(-c2ccc(F)cc2)c(-c2ccc(F)cc2)c1C(=O)Nc1ccc(C(=O)N(C)C)cc1.